The van der Waals surface area contributed by atoms with Crippen molar-refractivity contribution < 1.29 is 18.8 Å². The van der Waals surface area contributed by atoms with Crippen LogP contribution in [0.2, 0.25) is 0 Å². The van der Waals surface area contributed by atoms with E-state index in [2.05, 4.69) is 10.8 Å². The molecule has 0 spiro atoms. The lowest BCUT2D eigenvalue weighted by Crippen LogP contribution is -2.54. The lowest BCUT2D eigenvalue weighted by molar-refractivity contribution is -0.138. The normalized spacial score (nSPS) is 19.7. The summed E-state index contributed by atoms with van der Waals surface area (Å²) in [7, 11) is 0. The van der Waals surface area contributed by atoms with Gasteiger partial charge in [0, 0.05) is 5.75 Å². The van der Waals surface area contributed by atoms with Crippen LogP contribution in [0, 0.1) is 5.82 Å². The molecule has 1 aliphatic heterocycles. The second-order valence-electron chi connectivity index (χ2n) is 5.92. The van der Waals surface area contributed by atoms with E-state index in [-0.39, 0.29) is 18.3 Å². The van der Waals surface area contributed by atoms with Crippen LogP contribution in [0.25, 0.3) is 0 Å². The minimum absolute atomic E-state index is 0.246. The van der Waals surface area contributed by atoms with Crippen molar-refractivity contribution in [1.29, 1.82) is 0 Å². The van der Waals surface area contributed by atoms with Crippen LogP contribution in [-0.4, -0.2) is 28.9 Å². The summed E-state index contributed by atoms with van der Waals surface area (Å²) in [5.74, 6) is -0.584. The Balaban J connectivity index is 1.46. The number of hydrogen-bond donors (Lipinski definition) is 2. The molecule has 1 saturated heterocycles. The molecule has 2 amide bonds. The summed E-state index contributed by atoms with van der Waals surface area (Å²) in [6, 6.07) is 15.2. The van der Waals surface area contributed by atoms with Gasteiger partial charge in [-0.2, -0.15) is 0 Å². The minimum atomic E-state index is -0.667. The van der Waals surface area contributed by atoms with E-state index in [9.17, 15) is 14.0 Å². The molecule has 0 unspecified atom stereocenters. The van der Waals surface area contributed by atoms with Crippen LogP contribution in [0.15, 0.2) is 54.6 Å². The molecule has 1 heterocycles. The van der Waals surface area contributed by atoms with E-state index in [0.29, 0.717) is 17.7 Å². The maximum absolute atomic E-state index is 13.7. The monoisotopic (exact) mass is 374 g/mol. The first-order valence-electron chi connectivity index (χ1n) is 8.24. The van der Waals surface area contributed by atoms with E-state index in [4.69, 9.17) is 4.84 Å². The number of benzene rings is 2. The molecule has 26 heavy (non-hydrogen) atoms. The van der Waals surface area contributed by atoms with Gasteiger partial charge in [0.05, 0.1) is 11.9 Å². The predicted octanol–water partition coefficient (Wildman–Crippen LogP) is 2.22. The van der Waals surface area contributed by atoms with E-state index < -0.39 is 17.2 Å². The van der Waals surface area contributed by atoms with Gasteiger partial charge < -0.3 is 5.32 Å². The quantitative estimate of drug-likeness (QED) is 0.761. The van der Waals surface area contributed by atoms with Crippen LogP contribution in [0.3, 0.4) is 0 Å². The number of carbonyl (C=O) groups is 2. The zero-order chi connectivity index (χ0) is 18.4. The van der Waals surface area contributed by atoms with E-state index in [1.807, 2.05) is 30.3 Å². The third kappa shape index (κ3) is 4.83. The molecule has 0 saturated carbocycles. The van der Waals surface area contributed by atoms with Crippen LogP contribution in [0.1, 0.15) is 11.1 Å². The highest BCUT2D eigenvalue weighted by molar-refractivity contribution is 8.00. The Hall–Kier alpha value is -2.38. The van der Waals surface area contributed by atoms with E-state index in [1.165, 1.54) is 17.8 Å². The molecule has 0 radical (unpaired) electrons. The largest absolute Gasteiger partial charge is 0.342 e. The molecule has 2 aromatic rings. The van der Waals surface area contributed by atoms with Gasteiger partial charge in [0.2, 0.25) is 5.91 Å². The fraction of sp³-hybridized carbons (Fsp3) is 0.263. The summed E-state index contributed by atoms with van der Waals surface area (Å²) in [4.78, 5) is 29.6. The summed E-state index contributed by atoms with van der Waals surface area (Å²) in [6.45, 7) is 0.246. The summed E-state index contributed by atoms with van der Waals surface area (Å²) in [5.41, 5.74) is 3.79. The van der Waals surface area contributed by atoms with Crippen LogP contribution < -0.4 is 10.8 Å². The number of hydroxylamine groups is 1. The summed E-state index contributed by atoms with van der Waals surface area (Å²) >= 11 is 1.35. The molecular weight excluding hydrogens is 355 g/mol. The van der Waals surface area contributed by atoms with Gasteiger partial charge in [-0.1, -0.05) is 48.5 Å². The summed E-state index contributed by atoms with van der Waals surface area (Å²) < 4.78 is 13.7. The van der Waals surface area contributed by atoms with Gasteiger partial charge >= 0.3 is 0 Å². The van der Waals surface area contributed by atoms with Gasteiger partial charge in [-0.05, 0) is 23.6 Å². The molecule has 0 aliphatic carbocycles. The van der Waals surface area contributed by atoms with Crippen LogP contribution >= 0.6 is 11.8 Å². The molecule has 1 fully saturated rings. The van der Waals surface area contributed by atoms with E-state index in [1.54, 1.807) is 18.2 Å². The van der Waals surface area contributed by atoms with Crippen LogP contribution in [-0.2, 0) is 27.5 Å². The topological polar surface area (TPSA) is 67.4 Å². The molecule has 0 aromatic heterocycles. The Kier molecular flexibility index (Phi) is 6.25. The number of nitrogens with one attached hydrogen (secondary N) is 2. The van der Waals surface area contributed by atoms with Crippen LogP contribution in [0.5, 0.6) is 0 Å². The summed E-state index contributed by atoms with van der Waals surface area (Å²) in [6.07, 6.45) is 0.294. The zero-order valence-electron chi connectivity index (χ0n) is 14.0. The first-order valence-corrected chi connectivity index (χ1v) is 9.29. The Bertz CT molecular complexity index is 772. The van der Waals surface area contributed by atoms with E-state index in [0.717, 1.165) is 5.56 Å². The minimum Gasteiger partial charge on any atom is -0.342 e. The third-order valence-corrected chi connectivity index (χ3v) is 5.32. The van der Waals surface area contributed by atoms with Crippen molar-refractivity contribution in [2.45, 2.75) is 24.3 Å². The highest BCUT2D eigenvalue weighted by atomic mass is 32.2. The number of thioether (sulfide) groups is 1. The molecule has 0 bridgehead atoms. The van der Waals surface area contributed by atoms with Crippen molar-refractivity contribution in [3.63, 3.8) is 0 Å². The van der Waals surface area contributed by atoms with Crippen molar-refractivity contribution >= 4 is 23.6 Å². The van der Waals surface area contributed by atoms with Gasteiger partial charge in [-0.25, -0.2) is 9.87 Å². The maximum Gasteiger partial charge on any atom is 0.266 e. The lowest BCUT2D eigenvalue weighted by atomic mass is 10.1. The highest BCUT2D eigenvalue weighted by Gasteiger charge is 2.32. The Morgan fingerprint density at radius 3 is 2.65 bits per heavy atom. The van der Waals surface area contributed by atoms with E-state index >= 15 is 0 Å². The summed E-state index contributed by atoms with van der Waals surface area (Å²) in [5, 5.41) is 2.26. The Labute approximate surface area is 155 Å². The van der Waals surface area contributed by atoms with Gasteiger partial charge in [0.15, 0.2) is 0 Å². The van der Waals surface area contributed by atoms with Crippen molar-refractivity contribution in [3.05, 3.63) is 71.5 Å². The van der Waals surface area contributed by atoms with Gasteiger partial charge in [-0.15, -0.1) is 11.8 Å². The molecule has 1 aliphatic rings. The molecule has 7 heteroatoms. The molecular formula is C19H19FN2O3S. The molecule has 5 nitrogen and oxygen atoms in total. The maximum atomic E-state index is 13.7. The highest BCUT2D eigenvalue weighted by Crippen LogP contribution is 2.23. The molecule has 2 N–H and O–H groups in total. The van der Waals surface area contributed by atoms with Gasteiger partial charge in [0.1, 0.15) is 11.9 Å². The Morgan fingerprint density at radius 2 is 1.92 bits per heavy atom. The molecule has 3 rings (SSSR count). The average Bonchev–Trinajstić information content (AvgIpc) is 2.66. The third-order valence-electron chi connectivity index (χ3n) is 4.01. The number of carbonyl (C=O) groups excluding carboxylic acids is 2. The number of hydrogen-bond acceptors (Lipinski definition) is 4. The van der Waals surface area contributed by atoms with Crippen LogP contribution in [0.4, 0.5) is 4.39 Å². The van der Waals surface area contributed by atoms with Gasteiger partial charge in [-0.3, -0.25) is 14.4 Å². The zero-order valence-corrected chi connectivity index (χ0v) is 14.8. The predicted molar refractivity (Wildman–Crippen MR) is 97.7 cm³/mol. The van der Waals surface area contributed by atoms with Gasteiger partial charge in [0.25, 0.3) is 5.91 Å². The molecule has 136 valence electrons. The second kappa shape index (κ2) is 8.82. The van der Waals surface area contributed by atoms with Crippen molar-refractivity contribution in [2.24, 2.45) is 0 Å². The number of amides is 2. The SMILES string of the molecule is O=C(NOCc1ccccc1)[C@@H]1CS[C@@H](Cc2ccccc2F)C(=O)N1. The average molecular weight is 374 g/mol. The smallest absolute Gasteiger partial charge is 0.266 e. The first kappa shape index (κ1) is 18.4. The Morgan fingerprint density at radius 1 is 1.19 bits per heavy atom. The standard InChI is InChI=1S/C19H19FN2O3S/c20-15-9-5-4-8-14(15)10-17-19(24)21-16(12-26-17)18(23)22-25-11-13-6-2-1-3-7-13/h1-9,16-17H,10-12H2,(H,21,24)(H,22,23)/t16-,17-/m0/s1. The van der Waals surface area contributed by atoms with Crippen molar-refractivity contribution in [1.82, 2.24) is 10.8 Å². The van der Waals surface area contributed by atoms with Crippen molar-refractivity contribution in [2.75, 3.05) is 5.75 Å². The molecule has 2 aromatic carbocycles. The lowest BCUT2D eigenvalue weighted by Gasteiger charge is -2.28. The number of rotatable bonds is 6. The fourth-order valence-electron chi connectivity index (χ4n) is 2.59. The second-order valence-corrected chi connectivity index (χ2v) is 7.15. The van der Waals surface area contributed by atoms with Crippen molar-refractivity contribution in [3.8, 4) is 0 Å². The fourth-order valence-corrected chi connectivity index (χ4v) is 3.76. The molecule has 2 atom stereocenters. The number of halogens is 1. The first-order chi connectivity index (χ1) is 12.6.